The van der Waals surface area contributed by atoms with Gasteiger partial charge < -0.3 is 14.4 Å². The first kappa shape index (κ1) is 21.5. The summed E-state index contributed by atoms with van der Waals surface area (Å²) in [6, 6.07) is 3.78. The molecule has 0 amide bonds. The molecule has 0 bridgehead atoms. The van der Waals surface area contributed by atoms with E-state index < -0.39 is 5.60 Å². The first-order valence-electron chi connectivity index (χ1n) is 11.0. The number of pyridine rings is 1. The molecular weight excluding hydrogens is 400 g/mol. The van der Waals surface area contributed by atoms with Gasteiger partial charge in [-0.3, -0.25) is 4.79 Å². The number of fused-ring (bicyclic) bond motifs is 1. The van der Waals surface area contributed by atoms with Crippen LogP contribution in [0, 0.1) is 17.8 Å². The van der Waals surface area contributed by atoms with Crippen LogP contribution >= 0.6 is 11.8 Å². The Kier molecular flexibility index (Phi) is 6.02. The zero-order chi connectivity index (χ0) is 21.5. The van der Waals surface area contributed by atoms with E-state index in [1.807, 2.05) is 32.9 Å². The van der Waals surface area contributed by atoms with E-state index >= 15 is 0 Å². The van der Waals surface area contributed by atoms with Gasteiger partial charge in [-0.2, -0.15) is 0 Å². The van der Waals surface area contributed by atoms with Crippen molar-refractivity contribution in [1.82, 2.24) is 4.98 Å². The van der Waals surface area contributed by atoms with Crippen LogP contribution in [0.5, 0.6) is 0 Å². The van der Waals surface area contributed by atoms with Crippen LogP contribution in [-0.4, -0.2) is 48.0 Å². The number of carbonyl (C=O) groups is 2. The molecule has 3 atom stereocenters. The Balaban J connectivity index is 1.52. The maximum absolute atomic E-state index is 12.8. The molecule has 30 heavy (non-hydrogen) atoms. The molecular formula is C23H32N2O4S. The number of methoxy groups -OCH3 is 1. The summed E-state index contributed by atoms with van der Waals surface area (Å²) in [6.07, 6.45) is 6.10. The first-order valence-corrected chi connectivity index (χ1v) is 11.9. The number of hydrogen-bond donors (Lipinski definition) is 0. The highest BCUT2D eigenvalue weighted by Gasteiger charge is 2.60. The van der Waals surface area contributed by atoms with Crippen molar-refractivity contribution in [1.29, 1.82) is 0 Å². The van der Waals surface area contributed by atoms with Gasteiger partial charge in [-0.1, -0.05) is 19.3 Å². The van der Waals surface area contributed by atoms with Gasteiger partial charge in [-0.15, -0.1) is 11.8 Å². The number of thioether (sulfide) groups is 1. The summed E-state index contributed by atoms with van der Waals surface area (Å²) in [5.41, 5.74) is 0.0165. The normalized spacial score (nSPS) is 26.3. The summed E-state index contributed by atoms with van der Waals surface area (Å²) in [7, 11) is 1.46. The molecule has 1 saturated heterocycles. The average molecular weight is 433 g/mol. The van der Waals surface area contributed by atoms with Crippen LogP contribution in [0.1, 0.15) is 63.2 Å². The fourth-order valence-electron chi connectivity index (χ4n) is 4.73. The highest BCUT2D eigenvalue weighted by Crippen LogP contribution is 2.53. The van der Waals surface area contributed by atoms with Crippen molar-refractivity contribution < 1.29 is 19.1 Å². The summed E-state index contributed by atoms with van der Waals surface area (Å²) in [6.45, 7) is 7.28. The predicted molar refractivity (Wildman–Crippen MR) is 117 cm³/mol. The molecule has 0 spiro atoms. The number of piperidine rings is 1. The third-order valence-electron chi connectivity index (χ3n) is 6.29. The molecule has 7 heteroatoms. The van der Waals surface area contributed by atoms with Gasteiger partial charge in [-0.25, -0.2) is 9.78 Å². The van der Waals surface area contributed by atoms with Crippen molar-refractivity contribution >= 4 is 29.5 Å². The Bertz CT molecular complexity index is 804. The zero-order valence-corrected chi connectivity index (χ0v) is 19.2. The SMILES string of the molecule is COC(=O)[C@H]1[C@@H]2CN(c3ccc(C(=O)OC(C)(C)C)c(SC4CCCCC4)n3)C[C@@H]21. The van der Waals surface area contributed by atoms with E-state index in [1.165, 1.54) is 39.2 Å². The smallest absolute Gasteiger partial charge is 0.341 e. The fraction of sp³-hybridized carbons (Fsp3) is 0.696. The van der Waals surface area contributed by atoms with Crippen LogP contribution in [-0.2, 0) is 14.3 Å². The lowest BCUT2D eigenvalue weighted by molar-refractivity contribution is -0.142. The van der Waals surface area contributed by atoms with Gasteiger partial charge in [0.1, 0.15) is 16.4 Å². The number of carbonyl (C=O) groups excluding carboxylic acids is 2. The second kappa shape index (κ2) is 8.40. The van der Waals surface area contributed by atoms with E-state index in [-0.39, 0.29) is 17.9 Å². The maximum atomic E-state index is 12.8. The van der Waals surface area contributed by atoms with Crippen LogP contribution < -0.4 is 4.90 Å². The predicted octanol–water partition coefficient (Wildman–Crippen LogP) is 4.32. The van der Waals surface area contributed by atoms with Crippen LogP contribution in [0.4, 0.5) is 5.82 Å². The van der Waals surface area contributed by atoms with Crippen molar-refractivity contribution in [3.05, 3.63) is 17.7 Å². The summed E-state index contributed by atoms with van der Waals surface area (Å²) in [5.74, 6) is 1.25. The number of esters is 2. The molecule has 0 aromatic carbocycles. The lowest BCUT2D eigenvalue weighted by atomic mass is 10.0. The minimum absolute atomic E-state index is 0.0448. The monoisotopic (exact) mass is 432 g/mol. The van der Waals surface area contributed by atoms with E-state index in [1.54, 1.807) is 11.8 Å². The summed E-state index contributed by atoms with van der Waals surface area (Å²) in [4.78, 5) is 31.8. The molecule has 0 radical (unpaired) electrons. The number of nitrogens with zero attached hydrogens (tertiary/aromatic N) is 2. The maximum Gasteiger partial charge on any atom is 0.341 e. The molecule has 6 nitrogen and oxygen atoms in total. The van der Waals surface area contributed by atoms with Gasteiger partial charge in [0.15, 0.2) is 0 Å². The Morgan fingerprint density at radius 3 is 2.37 bits per heavy atom. The first-order chi connectivity index (χ1) is 14.3. The average Bonchev–Trinajstić information content (AvgIpc) is 3.20. The van der Waals surface area contributed by atoms with E-state index in [4.69, 9.17) is 14.5 Å². The van der Waals surface area contributed by atoms with Crippen LogP contribution in [0.25, 0.3) is 0 Å². The molecule has 3 aliphatic rings. The molecule has 4 rings (SSSR count). The lowest BCUT2D eigenvalue weighted by Gasteiger charge is -2.25. The van der Waals surface area contributed by atoms with Crippen LogP contribution in [0.2, 0.25) is 0 Å². The largest absolute Gasteiger partial charge is 0.469 e. The Labute approximate surface area is 183 Å². The minimum atomic E-state index is -0.540. The summed E-state index contributed by atoms with van der Waals surface area (Å²) in [5, 5.41) is 1.28. The standard InChI is InChI=1S/C23H32N2O4S/c1-23(2,3)29-21(26)15-10-11-18(24-20(15)30-14-8-6-5-7-9-14)25-12-16-17(13-25)19(16)22(27)28-4/h10-11,14,16-17,19H,5-9,12-13H2,1-4H3/t16-,17+,19+. The molecule has 0 unspecified atom stereocenters. The molecule has 164 valence electrons. The summed E-state index contributed by atoms with van der Waals surface area (Å²) >= 11 is 1.73. The third-order valence-corrected chi connectivity index (χ3v) is 7.63. The number of ether oxygens (including phenoxy) is 2. The van der Waals surface area contributed by atoms with Crippen molar-refractivity contribution in [3.8, 4) is 0 Å². The zero-order valence-electron chi connectivity index (χ0n) is 18.3. The highest BCUT2D eigenvalue weighted by molar-refractivity contribution is 7.99. The Morgan fingerprint density at radius 1 is 1.10 bits per heavy atom. The molecule has 2 heterocycles. The molecule has 2 aliphatic carbocycles. The van der Waals surface area contributed by atoms with Crippen molar-refractivity contribution in [2.24, 2.45) is 17.8 Å². The molecule has 1 aromatic rings. The fourth-order valence-corrected chi connectivity index (χ4v) is 6.03. The van der Waals surface area contributed by atoms with Gasteiger partial charge in [0.25, 0.3) is 0 Å². The van der Waals surface area contributed by atoms with Gasteiger partial charge >= 0.3 is 11.9 Å². The van der Waals surface area contributed by atoms with E-state index in [9.17, 15) is 9.59 Å². The van der Waals surface area contributed by atoms with Crippen LogP contribution in [0.15, 0.2) is 17.2 Å². The Morgan fingerprint density at radius 2 is 1.77 bits per heavy atom. The second-order valence-corrected chi connectivity index (χ2v) is 11.0. The third kappa shape index (κ3) is 4.61. The molecule has 1 aliphatic heterocycles. The van der Waals surface area contributed by atoms with Gasteiger partial charge in [0, 0.05) is 18.3 Å². The number of anilines is 1. The minimum Gasteiger partial charge on any atom is -0.469 e. The summed E-state index contributed by atoms with van der Waals surface area (Å²) < 4.78 is 10.5. The van der Waals surface area contributed by atoms with Crippen molar-refractivity contribution in [3.63, 3.8) is 0 Å². The van der Waals surface area contributed by atoms with Crippen LogP contribution in [0.3, 0.4) is 0 Å². The quantitative estimate of drug-likeness (QED) is 0.642. The second-order valence-electron chi connectivity index (χ2n) is 9.68. The Hall–Kier alpha value is -1.76. The number of rotatable bonds is 5. The number of aromatic nitrogens is 1. The van der Waals surface area contributed by atoms with E-state index in [0.717, 1.165) is 23.9 Å². The van der Waals surface area contributed by atoms with E-state index in [2.05, 4.69) is 4.90 Å². The lowest BCUT2D eigenvalue weighted by Crippen LogP contribution is -2.28. The van der Waals surface area contributed by atoms with Crippen molar-refractivity contribution in [2.45, 2.75) is 68.8 Å². The molecule has 2 saturated carbocycles. The molecule has 1 aromatic heterocycles. The van der Waals surface area contributed by atoms with E-state index in [0.29, 0.717) is 22.6 Å². The van der Waals surface area contributed by atoms with Gasteiger partial charge in [0.2, 0.25) is 0 Å². The number of hydrogen-bond acceptors (Lipinski definition) is 7. The highest BCUT2D eigenvalue weighted by atomic mass is 32.2. The topological polar surface area (TPSA) is 68.7 Å². The molecule has 0 N–H and O–H groups in total. The van der Waals surface area contributed by atoms with Crippen molar-refractivity contribution in [2.75, 3.05) is 25.1 Å². The van der Waals surface area contributed by atoms with Gasteiger partial charge in [-0.05, 0) is 57.6 Å². The molecule has 3 fully saturated rings. The van der Waals surface area contributed by atoms with Gasteiger partial charge in [0.05, 0.1) is 18.6 Å².